The number of pyridine rings is 2. The molecule has 4 rings (SSSR count). The zero-order chi connectivity index (χ0) is 21.1. The fourth-order valence-electron chi connectivity index (χ4n) is 3.05. The molecule has 0 radical (unpaired) electrons. The van der Waals surface area contributed by atoms with Crippen LogP contribution in [0.25, 0.3) is 22.5 Å². The Kier molecular flexibility index (Phi) is 5.04. The molecule has 0 fully saturated rings. The third-order valence-electron chi connectivity index (χ3n) is 4.41. The smallest absolute Gasteiger partial charge is 0.276 e. The van der Waals surface area contributed by atoms with Gasteiger partial charge in [0.2, 0.25) is 0 Å². The maximum atomic E-state index is 13.0. The number of carbonyl (C=O) groups excluding carboxylic acids is 1. The molecule has 148 valence electrons. The highest BCUT2D eigenvalue weighted by molar-refractivity contribution is 6.08. The van der Waals surface area contributed by atoms with Gasteiger partial charge in [-0.2, -0.15) is 0 Å². The summed E-state index contributed by atoms with van der Waals surface area (Å²) < 4.78 is 0. The lowest BCUT2D eigenvalue weighted by atomic mass is 10.1. The van der Waals surface area contributed by atoms with E-state index in [0.29, 0.717) is 34.3 Å². The summed E-state index contributed by atoms with van der Waals surface area (Å²) in [5.41, 5.74) is 15.5. The zero-order valence-corrected chi connectivity index (χ0v) is 16.2. The highest BCUT2D eigenvalue weighted by Gasteiger charge is 2.17. The Labute approximate surface area is 173 Å². The summed E-state index contributed by atoms with van der Waals surface area (Å²) in [6.45, 7) is 1.75. The summed E-state index contributed by atoms with van der Waals surface area (Å²) in [5, 5.41) is 2.84. The molecule has 0 spiro atoms. The van der Waals surface area contributed by atoms with E-state index in [1.165, 1.54) is 6.20 Å². The summed E-state index contributed by atoms with van der Waals surface area (Å²) in [6.07, 6.45) is 3.15. The molecule has 3 heterocycles. The monoisotopic (exact) mass is 397 g/mol. The molecule has 8 heteroatoms. The van der Waals surface area contributed by atoms with Crippen molar-refractivity contribution in [2.24, 2.45) is 0 Å². The van der Waals surface area contributed by atoms with Crippen LogP contribution in [0.5, 0.6) is 0 Å². The number of anilines is 3. The SMILES string of the molecule is Cc1nc(N)cc(-c2ccncc2NC(=O)c2nc(-c3ccccc3)ccc2N)n1. The first-order valence-corrected chi connectivity index (χ1v) is 9.20. The second-order valence-corrected chi connectivity index (χ2v) is 6.60. The van der Waals surface area contributed by atoms with E-state index in [9.17, 15) is 4.79 Å². The minimum absolute atomic E-state index is 0.129. The Morgan fingerprint density at radius 3 is 2.50 bits per heavy atom. The number of nitrogens with two attached hydrogens (primary N) is 2. The number of aromatic nitrogens is 4. The second kappa shape index (κ2) is 7.96. The van der Waals surface area contributed by atoms with Crippen LogP contribution in [-0.4, -0.2) is 25.8 Å². The Bertz CT molecular complexity index is 1210. The van der Waals surface area contributed by atoms with Gasteiger partial charge in [0.1, 0.15) is 11.6 Å². The molecule has 0 aliphatic carbocycles. The minimum Gasteiger partial charge on any atom is -0.397 e. The number of carbonyl (C=O) groups is 1. The summed E-state index contributed by atoms with van der Waals surface area (Å²) in [7, 11) is 0. The number of rotatable bonds is 4. The molecule has 8 nitrogen and oxygen atoms in total. The van der Waals surface area contributed by atoms with Gasteiger partial charge in [-0.05, 0) is 25.1 Å². The van der Waals surface area contributed by atoms with Crippen molar-refractivity contribution in [3.8, 4) is 22.5 Å². The maximum Gasteiger partial charge on any atom is 0.276 e. The number of hydrogen-bond donors (Lipinski definition) is 3. The number of aryl methyl sites for hydroxylation is 1. The molecule has 0 aliphatic heterocycles. The third kappa shape index (κ3) is 3.93. The van der Waals surface area contributed by atoms with Gasteiger partial charge in [-0.15, -0.1) is 0 Å². The van der Waals surface area contributed by atoms with Gasteiger partial charge >= 0.3 is 0 Å². The van der Waals surface area contributed by atoms with Gasteiger partial charge in [0.25, 0.3) is 5.91 Å². The Balaban J connectivity index is 1.69. The fraction of sp³-hybridized carbons (Fsp3) is 0.0455. The summed E-state index contributed by atoms with van der Waals surface area (Å²) in [5.74, 6) is 0.423. The molecule has 0 atom stereocenters. The van der Waals surface area contributed by atoms with Gasteiger partial charge in [-0.3, -0.25) is 9.78 Å². The van der Waals surface area contributed by atoms with Crippen molar-refractivity contribution in [2.45, 2.75) is 6.92 Å². The van der Waals surface area contributed by atoms with Crippen molar-refractivity contribution in [1.82, 2.24) is 19.9 Å². The molecule has 0 unspecified atom stereocenters. The minimum atomic E-state index is -0.446. The zero-order valence-electron chi connectivity index (χ0n) is 16.2. The Hall–Kier alpha value is -4.33. The predicted octanol–water partition coefficient (Wildman–Crippen LogP) is 3.33. The lowest BCUT2D eigenvalue weighted by Crippen LogP contribution is -2.17. The van der Waals surface area contributed by atoms with Gasteiger partial charge in [-0.1, -0.05) is 30.3 Å². The van der Waals surface area contributed by atoms with E-state index in [1.807, 2.05) is 30.3 Å². The van der Waals surface area contributed by atoms with Crippen molar-refractivity contribution in [1.29, 1.82) is 0 Å². The molecule has 0 bridgehead atoms. The summed E-state index contributed by atoms with van der Waals surface area (Å²) in [4.78, 5) is 30.1. The molecule has 0 aliphatic rings. The van der Waals surface area contributed by atoms with Crippen LogP contribution in [0.1, 0.15) is 16.3 Å². The average Bonchev–Trinajstić information content (AvgIpc) is 2.74. The molecule has 1 amide bonds. The van der Waals surface area contributed by atoms with E-state index >= 15 is 0 Å². The number of benzene rings is 1. The van der Waals surface area contributed by atoms with Gasteiger partial charge in [0.15, 0.2) is 5.69 Å². The highest BCUT2D eigenvalue weighted by Crippen LogP contribution is 2.27. The van der Waals surface area contributed by atoms with Crippen LogP contribution in [0.4, 0.5) is 17.2 Å². The van der Waals surface area contributed by atoms with E-state index in [2.05, 4.69) is 25.3 Å². The van der Waals surface area contributed by atoms with Gasteiger partial charge in [0.05, 0.1) is 29.0 Å². The van der Waals surface area contributed by atoms with Gasteiger partial charge in [0, 0.05) is 23.4 Å². The maximum absolute atomic E-state index is 13.0. The van der Waals surface area contributed by atoms with E-state index in [4.69, 9.17) is 11.5 Å². The van der Waals surface area contributed by atoms with Crippen LogP contribution in [-0.2, 0) is 0 Å². The van der Waals surface area contributed by atoms with Crippen LogP contribution < -0.4 is 16.8 Å². The first kappa shape index (κ1) is 19.0. The average molecular weight is 397 g/mol. The Morgan fingerprint density at radius 2 is 1.73 bits per heavy atom. The topological polar surface area (TPSA) is 133 Å². The lowest BCUT2D eigenvalue weighted by Gasteiger charge is -2.12. The second-order valence-electron chi connectivity index (χ2n) is 6.60. The van der Waals surface area contributed by atoms with Crippen LogP contribution in [0.2, 0.25) is 0 Å². The number of nitrogen functional groups attached to an aromatic ring is 2. The molecular formula is C22H19N7O. The van der Waals surface area contributed by atoms with Crippen LogP contribution in [0.3, 0.4) is 0 Å². The quantitative estimate of drug-likeness (QED) is 0.481. The number of nitrogens with zero attached hydrogens (tertiary/aromatic N) is 4. The van der Waals surface area contributed by atoms with Crippen molar-refractivity contribution >= 4 is 23.1 Å². The number of amides is 1. The van der Waals surface area contributed by atoms with E-state index in [1.54, 1.807) is 37.4 Å². The lowest BCUT2D eigenvalue weighted by molar-refractivity contribution is 0.102. The summed E-state index contributed by atoms with van der Waals surface area (Å²) >= 11 is 0. The third-order valence-corrected chi connectivity index (χ3v) is 4.41. The van der Waals surface area contributed by atoms with E-state index in [0.717, 1.165) is 5.56 Å². The van der Waals surface area contributed by atoms with Crippen molar-refractivity contribution in [3.63, 3.8) is 0 Å². The summed E-state index contributed by atoms with van der Waals surface area (Å²) in [6, 6.07) is 16.4. The van der Waals surface area contributed by atoms with Gasteiger partial charge < -0.3 is 16.8 Å². The van der Waals surface area contributed by atoms with E-state index < -0.39 is 5.91 Å². The molecule has 1 aromatic carbocycles. The molecule has 3 aromatic heterocycles. The number of hydrogen-bond acceptors (Lipinski definition) is 7. The molecule has 0 saturated carbocycles. The molecule has 0 saturated heterocycles. The largest absolute Gasteiger partial charge is 0.397 e. The fourth-order valence-corrected chi connectivity index (χ4v) is 3.05. The van der Waals surface area contributed by atoms with Crippen LogP contribution in [0, 0.1) is 6.92 Å². The van der Waals surface area contributed by atoms with Crippen molar-refractivity contribution in [2.75, 3.05) is 16.8 Å². The predicted molar refractivity (Wildman–Crippen MR) is 116 cm³/mol. The first-order chi connectivity index (χ1) is 14.5. The van der Waals surface area contributed by atoms with Crippen LogP contribution in [0.15, 0.2) is 67.0 Å². The molecule has 5 N–H and O–H groups in total. The van der Waals surface area contributed by atoms with Gasteiger partial charge in [-0.25, -0.2) is 15.0 Å². The number of nitrogens with one attached hydrogen (secondary N) is 1. The van der Waals surface area contributed by atoms with Crippen molar-refractivity contribution in [3.05, 3.63) is 78.5 Å². The highest BCUT2D eigenvalue weighted by atomic mass is 16.1. The first-order valence-electron chi connectivity index (χ1n) is 9.20. The molecule has 4 aromatic rings. The Morgan fingerprint density at radius 1 is 0.933 bits per heavy atom. The normalized spacial score (nSPS) is 10.6. The van der Waals surface area contributed by atoms with Crippen LogP contribution >= 0.6 is 0 Å². The molecule has 30 heavy (non-hydrogen) atoms. The molecular weight excluding hydrogens is 378 g/mol. The standard InChI is InChI=1S/C22H19N7O/c1-13-26-18(11-20(24)27-13)15-9-10-25-12-19(15)29-22(30)21-16(23)7-8-17(28-21)14-5-3-2-4-6-14/h2-12H,23H2,1H3,(H,29,30)(H2,24,26,27). The van der Waals surface area contributed by atoms with Crippen molar-refractivity contribution < 1.29 is 4.79 Å². The van der Waals surface area contributed by atoms with E-state index in [-0.39, 0.29) is 11.4 Å².